The van der Waals surface area contributed by atoms with Crippen molar-refractivity contribution in [1.82, 2.24) is 10.2 Å². The van der Waals surface area contributed by atoms with Crippen molar-refractivity contribution in [3.8, 4) is 0 Å². The van der Waals surface area contributed by atoms with Crippen molar-refractivity contribution < 1.29 is 14.4 Å². The van der Waals surface area contributed by atoms with Crippen LogP contribution in [0.3, 0.4) is 0 Å². The Balaban J connectivity index is 2.06. The largest absolute Gasteiger partial charge is 0.338 e. The lowest BCUT2D eigenvalue weighted by Crippen LogP contribution is -2.49. The van der Waals surface area contributed by atoms with E-state index in [-0.39, 0.29) is 18.0 Å². The Labute approximate surface area is 176 Å². The molecule has 0 radical (unpaired) electrons. The Morgan fingerprint density at radius 3 is 2.17 bits per heavy atom. The van der Waals surface area contributed by atoms with Crippen LogP contribution in [0.15, 0.2) is 4.99 Å². The molecule has 1 unspecified atom stereocenters. The molecule has 166 valence electrons. The Morgan fingerprint density at radius 1 is 1.00 bits per heavy atom. The number of aliphatic imine (C=N–C) groups is 1. The molecule has 0 aromatic carbocycles. The molecule has 0 aliphatic carbocycles. The number of unbranched alkanes of at least 4 members (excludes halogenated alkanes) is 10. The quantitative estimate of drug-likeness (QED) is 0.196. The molecule has 0 aromatic rings. The van der Waals surface area contributed by atoms with Crippen LogP contribution in [0.5, 0.6) is 0 Å². The molecule has 6 heteroatoms. The third-order valence-corrected chi connectivity index (χ3v) is 5.69. The summed E-state index contributed by atoms with van der Waals surface area (Å²) in [5.74, 6) is -0.104. The third kappa shape index (κ3) is 12.5. The first-order chi connectivity index (χ1) is 14.2. The van der Waals surface area contributed by atoms with Crippen molar-refractivity contribution in [3.63, 3.8) is 0 Å². The molecular formula is C23H41N3O3. The number of urea groups is 1. The lowest BCUT2D eigenvalue weighted by Gasteiger charge is -2.25. The van der Waals surface area contributed by atoms with Crippen LogP contribution in [0.25, 0.3) is 0 Å². The van der Waals surface area contributed by atoms with Crippen molar-refractivity contribution in [2.24, 2.45) is 4.99 Å². The van der Waals surface area contributed by atoms with Crippen LogP contribution in [0.1, 0.15) is 110 Å². The normalized spacial score (nSPS) is 14.9. The molecule has 3 amide bonds. The van der Waals surface area contributed by atoms with Gasteiger partial charge in [-0.3, -0.25) is 9.69 Å². The molecule has 1 saturated heterocycles. The van der Waals surface area contributed by atoms with Gasteiger partial charge in [-0.1, -0.05) is 77.6 Å². The van der Waals surface area contributed by atoms with Gasteiger partial charge in [-0.15, -0.1) is 0 Å². The van der Waals surface area contributed by atoms with Crippen molar-refractivity contribution in [2.45, 2.75) is 116 Å². The van der Waals surface area contributed by atoms with Gasteiger partial charge >= 0.3 is 6.03 Å². The molecule has 1 fully saturated rings. The molecule has 1 rings (SSSR count). The second-order valence-electron chi connectivity index (χ2n) is 8.22. The standard InChI is InChI=1S/C23H41N3O3/c1-2-3-4-5-6-7-8-9-10-11-15-21(25-20-27)16-12-13-17-22(28)26-19-14-18-24-23(26)29/h21H,2-19H2,1H3,(H,24,29). The Hall–Kier alpha value is -1.68. The second-order valence-corrected chi connectivity index (χ2v) is 8.22. The van der Waals surface area contributed by atoms with E-state index in [4.69, 9.17) is 0 Å². The molecule has 29 heavy (non-hydrogen) atoms. The fraction of sp³-hybridized carbons (Fsp3) is 0.870. The zero-order valence-corrected chi connectivity index (χ0v) is 18.4. The van der Waals surface area contributed by atoms with Gasteiger partial charge < -0.3 is 5.32 Å². The minimum Gasteiger partial charge on any atom is -0.338 e. The monoisotopic (exact) mass is 407 g/mol. The highest BCUT2D eigenvalue weighted by Crippen LogP contribution is 2.16. The van der Waals surface area contributed by atoms with Gasteiger partial charge in [0.2, 0.25) is 12.0 Å². The van der Waals surface area contributed by atoms with Gasteiger partial charge in [-0.25, -0.2) is 14.6 Å². The second kappa shape index (κ2) is 17.2. The van der Waals surface area contributed by atoms with E-state index in [1.807, 2.05) is 0 Å². The highest BCUT2D eigenvalue weighted by Gasteiger charge is 2.23. The number of hydrogen-bond donors (Lipinski definition) is 1. The van der Waals surface area contributed by atoms with E-state index >= 15 is 0 Å². The zero-order valence-electron chi connectivity index (χ0n) is 18.4. The summed E-state index contributed by atoms with van der Waals surface area (Å²) in [5.41, 5.74) is 0. The van der Waals surface area contributed by atoms with Crippen LogP contribution in [-0.4, -0.2) is 42.0 Å². The van der Waals surface area contributed by atoms with E-state index in [2.05, 4.69) is 17.2 Å². The maximum Gasteiger partial charge on any atom is 0.324 e. The highest BCUT2D eigenvalue weighted by molar-refractivity contribution is 5.94. The number of carbonyl (C=O) groups is 2. The average molecular weight is 408 g/mol. The predicted octanol–water partition coefficient (Wildman–Crippen LogP) is 5.50. The first-order valence-electron chi connectivity index (χ1n) is 11.8. The minimum absolute atomic E-state index is 0.0231. The fourth-order valence-electron chi connectivity index (χ4n) is 3.87. The number of nitrogens with zero attached hydrogens (tertiary/aromatic N) is 2. The molecule has 1 N–H and O–H groups in total. The number of nitrogens with one attached hydrogen (secondary N) is 1. The van der Waals surface area contributed by atoms with Gasteiger partial charge in [-0.2, -0.15) is 0 Å². The van der Waals surface area contributed by atoms with Crippen molar-refractivity contribution >= 4 is 18.0 Å². The van der Waals surface area contributed by atoms with Crippen LogP contribution in [0.4, 0.5) is 4.79 Å². The summed E-state index contributed by atoms with van der Waals surface area (Å²) in [7, 11) is 0. The van der Waals surface area contributed by atoms with E-state index in [0.717, 1.165) is 38.5 Å². The molecule has 0 aromatic heterocycles. The summed E-state index contributed by atoms with van der Waals surface area (Å²) in [6, 6.07) is -0.249. The number of imide groups is 1. The van der Waals surface area contributed by atoms with Crippen LogP contribution in [0, 0.1) is 0 Å². The van der Waals surface area contributed by atoms with E-state index in [1.165, 1.54) is 62.7 Å². The van der Waals surface area contributed by atoms with E-state index in [1.54, 1.807) is 6.08 Å². The summed E-state index contributed by atoms with van der Waals surface area (Å²) in [5, 5.41) is 2.70. The third-order valence-electron chi connectivity index (χ3n) is 5.69. The highest BCUT2D eigenvalue weighted by atomic mass is 16.2. The summed E-state index contributed by atoms with van der Waals surface area (Å²) < 4.78 is 0. The number of hydrogen-bond acceptors (Lipinski definition) is 4. The first-order valence-corrected chi connectivity index (χ1v) is 11.8. The number of rotatable bonds is 17. The zero-order chi connectivity index (χ0) is 21.2. The maximum absolute atomic E-state index is 12.1. The first kappa shape index (κ1) is 25.4. The van der Waals surface area contributed by atoms with Gasteiger partial charge in [0.05, 0.1) is 6.04 Å². The molecule has 0 spiro atoms. The number of isocyanates is 1. The van der Waals surface area contributed by atoms with E-state index < -0.39 is 0 Å². The van der Waals surface area contributed by atoms with Gasteiger partial charge in [0.1, 0.15) is 0 Å². The van der Waals surface area contributed by atoms with Crippen LogP contribution in [-0.2, 0) is 9.59 Å². The van der Waals surface area contributed by atoms with Crippen molar-refractivity contribution in [2.75, 3.05) is 13.1 Å². The summed E-state index contributed by atoms with van der Waals surface area (Å²) in [4.78, 5) is 39.7. The molecule has 1 atom stereocenters. The summed E-state index contributed by atoms with van der Waals surface area (Å²) in [6.45, 7) is 3.41. The smallest absolute Gasteiger partial charge is 0.324 e. The van der Waals surface area contributed by atoms with Crippen molar-refractivity contribution in [3.05, 3.63) is 0 Å². The molecule has 1 aliphatic heterocycles. The van der Waals surface area contributed by atoms with Gasteiger partial charge in [0, 0.05) is 19.5 Å². The SMILES string of the molecule is CCCCCCCCCCCCC(CCCCC(=O)N1CCCNC1=O)N=C=O. The maximum atomic E-state index is 12.1. The summed E-state index contributed by atoms with van der Waals surface area (Å²) >= 11 is 0. The minimum atomic E-state index is -0.273. The topological polar surface area (TPSA) is 78.8 Å². The number of carbonyl (C=O) groups excluding carboxylic acids is 3. The summed E-state index contributed by atoms with van der Waals surface area (Å²) in [6.07, 6.45) is 19.2. The van der Waals surface area contributed by atoms with E-state index in [9.17, 15) is 14.4 Å². The lowest BCUT2D eigenvalue weighted by atomic mass is 10.0. The van der Waals surface area contributed by atoms with Crippen LogP contribution >= 0.6 is 0 Å². The van der Waals surface area contributed by atoms with Gasteiger partial charge in [0.15, 0.2) is 0 Å². The molecule has 1 heterocycles. The molecule has 0 saturated carbocycles. The Kier molecular flexibility index (Phi) is 15.0. The van der Waals surface area contributed by atoms with Crippen molar-refractivity contribution in [1.29, 1.82) is 0 Å². The average Bonchev–Trinajstić information content (AvgIpc) is 2.72. The molecular weight excluding hydrogens is 366 g/mol. The van der Waals surface area contributed by atoms with Crippen LogP contribution < -0.4 is 5.32 Å². The number of amides is 3. The fourth-order valence-corrected chi connectivity index (χ4v) is 3.87. The molecule has 6 nitrogen and oxygen atoms in total. The molecule has 1 aliphatic rings. The lowest BCUT2D eigenvalue weighted by molar-refractivity contribution is -0.128. The van der Waals surface area contributed by atoms with Gasteiger partial charge in [-0.05, 0) is 25.7 Å². The Morgan fingerprint density at radius 2 is 1.59 bits per heavy atom. The van der Waals surface area contributed by atoms with E-state index in [0.29, 0.717) is 19.5 Å². The predicted molar refractivity (Wildman–Crippen MR) is 117 cm³/mol. The molecule has 0 bridgehead atoms. The van der Waals surface area contributed by atoms with Crippen LogP contribution in [0.2, 0.25) is 0 Å². The Bertz CT molecular complexity index is 504. The van der Waals surface area contributed by atoms with Gasteiger partial charge in [0.25, 0.3) is 0 Å².